The van der Waals surface area contributed by atoms with Gasteiger partial charge in [0.1, 0.15) is 5.75 Å². The number of nitrogens with one attached hydrogen (secondary N) is 2. The van der Waals surface area contributed by atoms with Crippen molar-refractivity contribution in [2.45, 2.75) is 35.3 Å². The summed E-state index contributed by atoms with van der Waals surface area (Å²) in [5, 5.41) is 5.17. The van der Waals surface area contributed by atoms with Crippen LogP contribution in [-0.4, -0.2) is 37.8 Å². The second kappa shape index (κ2) is 8.87. The summed E-state index contributed by atoms with van der Waals surface area (Å²) in [6.07, 6.45) is -0.176. The zero-order valence-corrected chi connectivity index (χ0v) is 17.7. The number of thioether (sulfide) groups is 1. The molecule has 0 radical (unpaired) electrons. The number of benzene rings is 2. The number of fused-ring (bicyclic) bond motifs is 1. The summed E-state index contributed by atoms with van der Waals surface area (Å²) in [4.78, 5) is 24.9. The van der Waals surface area contributed by atoms with Gasteiger partial charge in [0.25, 0.3) is 0 Å². The first-order valence-electron chi connectivity index (χ1n) is 9.15. The summed E-state index contributed by atoms with van der Waals surface area (Å²) in [7, 11) is -3.67. The molecule has 3 rings (SSSR count). The van der Waals surface area contributed by atoms with E-state index < -0.39 is 15.7 Å². The average molecular weight is 435 g/mol. The van der Waals surface area contributed by atoms with Crippen LogP contribution in [0.3, 0.4) is 0 Å². The molecule has 2 amide bonds. The normalized spacial score (nSPS) is 15.9. The molecule has 0 unspecified atom stereocenters. The van der Waals surface area contributed by atoms with Crippen LogP contribution in [0, 0.1) is 0 Å². The summed E-state index contributed by atoms with van der Waals surface area (Å²) in [6.45, 7) is 4.22. The van der Waals surface area contributed by atoms with Gasteiger partial charge in [-0.25, -0.2) is 8.42 Å². The Kier molecular flexibility index (Phi) is 6.49. The lowest BCUT2D eigenvalue weighted by Gasteiger charge is -2.21. The fraction of sp³-hybridized carbons (Fsp3) is 0.300. The molecule has 0 aromatic heterocycles. The second-order valence-corrected chi connectivity index (χ2v) is 9.97. The summed E-state index contributed by atoms with van der Waals surface area (Å²) in [5.41, 5.74) is 1.05. The fourth-order valence-electron chi connectivity index (χ4n) is 2.75. The van der Waals surface area contributed by atoms with Crippen molar-refractivity contribution in [3.63, 3.8) is 0 Å². The van der Waals surface area contributed by atoms with E-state index in [0.29, 0.717) is 23.7 Å². The Balaban J connectivity index is 1.61. The first kappa shape index (κ1) is 21.2. The topological polar surface area (TPSA) is 102 Å². The molecule has 0 bridgehead atoms. The Labute approximate surface area is 174 Å². The average Bonchev–Trinajstić information content (AvgIpc) is 2.69. The monoisotopic (exact) mass is 434 g/mol. The third-order valence-electron chi connectivity index (χ3n) is 4.29. The fourth-order valence-corrected chi connectivity index (χ4v) is 4.94. The maximum absolute atomic E-state index is 12.6. The Morgan fingerprint density at radius 3 is 2.62 bits per heavy atom. The number of hydrogen-bond donors (Lipinski definition) is 2. The van der Waals surface area contributed by atoms with Crippen LogP contribution >= 0.6 is 11.8 Å². The highest BCUT2D eigenvalue weighted by Gasteiger charge is 2.25. The van der Waals surface area contributed by atoms with Gasteiger partial charge in [-0.05, 0) is 56.3 Å². The van der Waals surface area contributed by atoms with Gasteiger partial charge in [0.15, 0.2) is 9.84 Å². The Morgan fingerprint density at radius 2 is 1.93 bits per heavy atom. The number of sulfone groups is 1. The number of carbonyl (C=O) groups is 2. The Morgan fingerprint density at radius 1 is 1.21 bits per heavy atom. The molecule has 2 aromatic rings. The van der Waals surface area contributed by atoms with E-state index in [1.807, 2.05) is 6.92 Å². The lowest BCUT2D eigenvalue weighted by atomic mass is 10.3. The molecule has 0 spiro atoms. The number of amides is 2. The van der Waals surface area contributed by atoms with Gasteiger partial charge in [-0.1, -0.05) is 0 Å². The maximum atomic E-state index is 12.6. The number of ether oxygens (including phenoxy) is 1. The molecule has 154 valence electrons. The molecule has 1 aliphatic rings. The van der Waals surface area contributed by atoms with Crippen molar-refractivity contribution in [1.82, 2.24) is 0 Å². The van der Waals surface area contributed by atoms with E-state index in [1.54, 1.807) is 37.3 Å². The molecule has 2 aromatic carbocycles. The molecular weight excluding hydrogens is 412 g/mol. The Bertz CT molecular complexity index is 1020. The molecule has 0 saturated carbocycles. The van der Waals surface area contributed by atoms with Crippen LogP contribution in [0.2, 0.25) is 0 Å². The van der Waals surface area contributed by atoms with Crippen LogP contribution in [0.1, 0.15) is 20.3 Å². The highest BCUT2D eigenvalue weighted by atomic mass is 32.2. The van der Waals surface area contributed by atoms with E-state index in [1.165, 1.54) is 23.9 Å². The molecule has 9 heteroatoms. The van der Waals surface area contributed by atoms with E-state index >= 15 is 0 Å². The van der Waals surface area contributed by atoms with E-state index in [2.05, 4.69) is 10.6 Å². The van der Waals surface area contributed by atoms with Crippen LogP contribution in [-0.2, 0) is 19.4 Å². The molecule has 1 heterocycles. The summed E-state index contributed by atoms with van der Waals surface area (Å²) >= 11 is 1.38. The number of hydrogen-bond acceptors (Lipinski definition) is 6. The first-order valence-corrected chi connectivity index (χ1v) is 11.7. The minimum Gasteiger partial charge on any atom is -0.494 e. The van der Waals surface area contributed by atoms with Crippen LogP contribution in [0.25, 0.3) is 0 Å². The van der Waals surface area contributed by atoms with E-state index in [-0.39, 0.29) is 28.2 Å². The van der Waals surface area contributed by atoms with Crippen LogP contribution < -0.4 is 15.4 Å². The first-order chi connectivity index (χ1) is 13.8. The predicted molar refractivity (Wildman–Crippen MR) is 113 cm³/mol. The highest BCUT2D eigenvalue weighted by Crippen LogP contribution is 2.36. The second-order valence-electron chi connectivity index (χ2n) is 6.48. The van der Waals surface area contributed by atoms with Gasteiger partial charge in [0, 0.05) is 17.0 Å². The van der Waals surface area contributed by atoms with Crippen molar-refractivity contribution in [2.24, 2.45) is 0 Å². The zero-order chi connectivity index (χ0) is 21.0. The van der Waals surface area contributed by atoms with Crippen molar-refractivity contribution < 1.29 is 22.7 Å². The molecule has 29 heavy (non-hydrogen) atoms. The third kappa shape index (κ3) is 5.30. The van der Waals surface area contributed by atoms with Gasteiger partial charge in [0.05, 0.1) is 28.2 Å². The van der Waals surface area contributed by atoms with Crippen molar-refractivity contribution in [1.29, 1.82) is 0 Å². The number of carbonyl (C=O) groups excluding carboxylic acids is 2. The van der Waals surface area contributed by atoms with Crippen molar-refractivity contribution in [3.05, 3.63) is 42.5 Å². The van der Waals surface area contributed by atoms with E-state index in [9.17, 15) is 18.0 Å². The zero-order valence-electron chi connectivity index (χ0n) is 16.1. The van der Waals surface area contributed by atoms with Crippen molar-refractivity contribution in [2.75, 3.05) is 23.0 Å². The van der Waals surface area contributed by atoms with Crippen molar-refractivity contribution in [3.8, 4) is 5.75 Å². The maximum Gasteiger partial charge on any atom is 0.237 e. The molecule has 0 aliphatic carbocycles. The largest absolute Gasteiger partial charge is 0.494 e. The predicted octanol–water partition coefficient (Wildman–Crippen LogP) is 3.32. The molecule has 2 N–H and O–H groups in total. The van der Waals surface area contributed by atoms with Gasteiger partial charge in [-0.3, -0.25) is 9.59 Å². The standard InChI is InChI=1S/C20H22N2O5S2/c1-3-27-15-6-4-14(5-7-15)21-19(23)10-11-29(25,26)16-8-9-18-17(12-16)22-20(24)13(2)28-18/h4-9,12-13H,3,10-11H2,1-2H3,(H,21,23)(H,22,24)/t13-/m1/s1. The lowest BCUT2D eigenvalue weighted by Crippen LogP contribution is -2.26. The smallest absolute Gasteiger partial charge is 0.237 e. The SMILES string of the molecule is CCOc1ccc(NC(=O)CCS(=O)(=O)c2ccc3c(c2)NC(=O)[C@@H](C)S3)cc1. The highest BCUT2D eigenvalue weighted by molar-refractivity contribution is 8.01. The molecular formula is C20H22N2O5S2. The van der Waals surface area contributed by atoms with Crippen LogP contribution in [0.15, 0.2) is 52.3 Å². The van der Waals surface area contributed by atoms with Crippen LogP contribution in [0.4, 0.5) is 11.4 Å². The third-order valence-corrected chi connectivity index (χ3v) is 7.18. The minimum atomic E-state index is -3.67. The van der Waals surface area contributed by atoms with Gasteiger partial charge in [-0.2, -0.15) is 0 Å². The molecule has 1 atom stereocenters. The number of rotatable bonds is 7. The lowest BCUT2D eigenvalue weighted by molar-refractivity contribution is -0.116. The minimum absolute atomic E-state index is 0.0839. The summed E-state index contributed by atoms with van der Waals surface area (Å²) in [5.74, 6) is -0.188. The van der Waals surface area contributed by atoms with E-state index in [4.69, 9.17) is 4.74 Å². The summed E-state index contributed by atoms with van der Waals surface area (Å²) in [6, 6.07) is 11.5. The molecule has 0 saturated heterocycles. The number of anilines is 2. The van der Waals surface area contributed by atoms with Gasteiger partial charge < -0.3 is 15.4 Å². The van der Waals surface area contributed by atoms with E-state index in [0.717, 1.165) is 4.90 Å². The molecule has 0 fully saturated rings. The molecule has 7 nitrogen and oxygen atoms in total. The summed E-state index contributed by atoms with van der Waals surface area (Å²) < 4.78 is 30.6. The van der Waals surface area contributed by atoms with Gasteiger partial charge >= 0.3 is 0 Å². The Hall–Kier alpha value is -2.52. The van der Waals surface area contributed by atoms with Crippen LogP contribution in [0.5, 0.6) is 5.75 Å². The quantitative estimate of drug-likeness (QED) is 0.693. The van der Waals surface area contributed by atoms with Crippen molar-refractivity contribution >= 4 is 44.8 Å². The van der Waals surface area contributed by atoms with Gasteiger partial charge in [0.2, 0.25) is 11.8 Å². The van der Waals surface area contributed by atoms with Gasteiger partial charge in [-0.15, -0.1) is 11.8 Å². The molecule has 1 aliphatic heterocycles.